The Morgan fingerprint density at radius 2 is 2.29 bits per heavy atom. The van der Waals surface area contributed by atoms with Crippen LogP contribution in [0, 0.1) is 0 Å². The van der Waals surface area contributed by atoms with Gasteiger partial charge in [0.15, 0.2) is 0 Å². The van der Waals surface area contributed by atoms with Crippen LogP contribution in [0.2, 0.25) is 5.02 Å². The molecule has 2 aromatic rings. The highest BCUT2D eigenvalue weighted by Gasteiger charge is 2.11. The normalized spacial score (nSPS) is 14.1. The van der Waals surface area contributed by atoms with Crippen LogP contribution in [0.1, 0.15) is 10.4 Å². The van der Waals surface area contributed by atoms with E-state index in [-0.39, 0.29) is 0 Å². The summed E-state index contributed by atoms with van der Waals surface area (Å²) >= 11 is 7.77. The summed E-state index contributed by atoms with van der Waals surface area (Å²) in [5.41, 5.74) is 1.35. The molecule has 0 unspecified atom stereocenters. The molecular weight excluding hydrogens is 214 g/mol. The summed E-state index contributed by atoms with van der Waals surface area (Å²) in [5.74, 6) is 0. The number of halogens is 1. The average molecular weight is 222 g/mol. The highest BCUT2D eigenvalue weighted by atomic mass is 35.5. The molecule has 0 fully saturated rings. The van der Waals surface area contributed by atoms with E-state index in [1.807, 2.05) is 29.7 Å². The third-order valence-corrected chi connectivity index (χ3v) is 3.80. The first-order valence-corrected chi connectivity index (χ1v) is 5.65. The second-order valence-electron chi connectivity index (χ2n) is 3.29. The lowest BCUT2D eigenvalue weighted by Crippen LogP contribution is -2.07. The van der Waals surface area contributed by atoms with Crippen molar-refractivity contribution in [1.29, 1.82) is 0 Å². The topological polar surface area (TPSA) is 12.0 Å². The van der Waals surface area contributed by atoms with Crippen LogP contribution < -0.4 is 5.32 Å². The summed E-state index contributed by atoms with van der Waals surface area (Å²) in [4.78, 5) is 1.39. The van der Waals surface area contributed by atoms with Crippen LogP contribution in [0.5, 0.6) is 0 Å². The van der Waals surface area contributed by atoms with E-state index in [1.165, 1.54) is 20.5 Å². The van der Waals surface area contributed by atoms with E-state index in [1.54, 1.807) is 0 Å². The molecule has 0 bridgehead atoms. The second-order valence-corrected chi connectivity index (χ2v) is 4.87. The maximum Gasteiger partial charge on any atom is 0.0495 e. The summed E-state index contributed by atoms with van der Waals surface area (Å²) < 4.78 is 1.27. The second kappa shape index (κ2) is 3.01. The molecule has 0 atom stereocenters. The molecule has 0 aliphatic carbocycles. The molecule has 1 aromatic carbocycles. The minimum atomic E-state index is 0.813. The highest BCUT2D eigenvalue weighted by molar-refractivity contribution is 7.19. The maximum atomic E-state index is 5.96. The number of benzene rings is 1. The van der Waals surface area contributed by atoms with Gasteiger partial charge in [0, 0.05) is 26.5 Å². The van der Waals surface area contributed by atoms with E-state index in [9.17, 15) is 0 Å². The highest BCUT2D eigenvalue weighted by Crippen LogP contribution is 2.35. The lowest BCUT2D eigenvalue weighted by molar-refractivity contribution is 0.878. The Labute approximate surface area is 91.0 Å². The predicted octanol–water partition coefficient (Wildman–Crippen LogP) is 3.63. The van der Waals surface area contributed by atoms with Crippen molar-refractivity contribution in [3.63, 3.8) is 0 Å². The van der Waals surface area contributed by atoms with Crippen molar-refractivity contribution in [1.82, 2.24) is 5.32 Å². The lowest BCUT2D eigenvalue weighted by atomic mass is 10.1. The van der Waals surface area contributed by atoms with Crippen molar-refractivity contribution in [3.8, 4) is 0 Å². The van der Waals surface area contributed by atoms with E-state index in [0.717, 1.165) is 11.6 Å². The van der Waals surface area contributed by atoms with Gasteiger partial charge < -0.3 is 5.32 Å². The number of hydrogen-bond acceptors (Lipinski definition) is 2. The standard InChI is InChI=1S/C11H8ClNS/c12-7-1-2-8-9-3-4-13-6-11(9)14-10(8)5-7/h1-5,13H,6H2. The molecule has 3 heteroatoms. The van der Waals surface area contributed by atoms with Crippen molar-refractivity contribution >= 4 is 39.1 Å². The van der Waals surface area contributed by atoms with Crippen LogP contribution in [0.3, 0.4) is 0 Å². The van der Waals surface area contributed by atoms with E-state index in [4.69, 9.17) is 11.6 Å². The Bertz CT molecular complexity index is 527. The van der Waals surface area contributed by atoms with Gasteiger partial charge in [-0.2, -0.15) is 0 Å². The van der Waals surface area contributed by atoms with Gasteiger partial charge in [0.25, 0.3) is 0 Å². The molecule has 1 aromatic heterocycles. The number of rotatable bonds is 0. The quantitative estimate of drug-likeness (QED) is 0.717. The molecule has 70 valence electrons. The van der Waals surface area contributed by atoms with Gasteiger partial charge in [-0.15, -0.1) is 11.3 Å². The Balaban J connectivity index is 2.38. The largest absolute Gasteiger partial charge is 0.386 e. The zero-order valence-electron chi connectivity index (χ0n) is 7.38. The van der Waals surface area contributed by atoms with Gasteiger partial charge >= 0.3 is 0 Å². The zero-order valence-corrected chi connectivity index (χ0v) is 8.95. The van der Waals surface area contributed by atoms with Gasteiger partial charge in [-0.25, -0.2) is 0 Å². The molecule has 14 heavy (non-hydrogen) atoms. The molecular formula is C11H8ClNS. The van der Waals surface area contributed by atoms with Gasteiger partial charge in [-0.3, -0.25) is 0 Å². The number of fused-ring (bicyclic) bond motifs is 3. The van der Waals surface area contributed by atoms with Crippen LogP contribution in [-0.2, 0) is 6.54 Å². The SMILES string of the molecule is Clc1ccc2c3c(sc2c1)CNC=C3. The van der Waals surface area contributed by atoms with Crippen LogP contribution >= 0.6 is 22.9 Å². The molecule has 0 spiro atoms. The van der Waals surface area contributed by atoms with E-state index in [0.29, 0.717) is 0 Å². The predicted molar refractivity (Wildman–Crippen MR) is 62.7 cm³/mol. The number of nitrogens with one attached hydrogen (secondary N) is 1. The lowest BCUT2D eigenvalue weighted by Gasteiger charge is -2.05. The molecule has 1 N–H and O–H groups in total. The molecule has 0 saturated carbocycles. The number of hydrogen-bond donors (Lipinski definition) is 1. The fraction of sp³-hybridized carbons (Fsp3) is 0.0909. The molecule has 0 radical (unpaired) electrons. The molecule has 1 aliphatic heterocycles. The summed E-state index contributed by atoms with van der Waals surface area (Å²) in [5, 5.41) is 5.34. The third-order valence-electron chi connectivity index (χ3n) is 2.40. The van der Waals surface area contributed by atoms with Crippen LogP contribution in [0.4, 0.5) is 0 Å². The summed E-state index contributed by atoms with van der Waals surface area (Å²) in [7, 11) is 0. The first kappa shape index (κ1) is 8.33. The van der Waals surface area contributed by atoms with Crippen molar-refractivity contribution in [2.75, 3.05) is 0 Å². The van der Waals surface area contributed by atoms with Gasteiger partial charge in [0.2, 0.25) is 0 Å². The van der Waals surface area contributed by atoms with E-state index in [2.05, 4.69) is 17.5 Å². The summed E-state index contributed by atoms with van der Waals surface area (Å²) in [6, 6.07) is 6.09. The van der Waals surface area contributed by atoms with Gasteiger partial charge in [-0.1, -0.05) is 17.7 Å². The van der Waals surface area contributed by atoms with Gasteiger partial charge in [-0.05, 0) is 30.0 Å². The molecule has 3 rings (SSSR count). The van der Waals surface area contributed by atoms with Crippen molar-refractivity contribution < 1.29 is 0 Å². The molecule has 0 saturated heterocycles. The Kier molecular flexibility index (Phi) is 1.79. The zero-order chi connectivity index (χ0) is 9.54. The fourth-order valence-electron chi connectivity index (χ4n) is 1.75. The molecule has 2 heterocycles. The Hall–Kier alpha value is -0.990. The summed E-state index contributed by atoms with van der Waals surface area (Å²) in [6.45, 7) is 0.933. The van der Waals surface area contributed by atoms with E-state index < -0.39 is 0 Å². The fourth-order valence-corrected chi connectivity index (χ4v) is 3.17. The Morgan fingerprint density at radius 1 is 1.36 bits per heavy atom. The smallest absolute Gasteiger partial charge is 0.0495 e. The monoisotopic (exact) mass is 221 g/mol. The van der Waals surface area contributed by atoms with Gasteiger partial charge in [0.05, 0.1) is 0 Å². The minimum absolute atomic E-state index is 0.813. The van der Waals surface area contributed by atoms with Crippen LogP contribution in [-0.4, -0.2) is 0 Å². The van der Waals surface area contributed by atoms with Crippen molar-refractivity contribution in [2.24, 2.45) is 0 Å². The van der Waals surface area contributed by atoms with Crippen molar-refractivity contribution in [2.45, 2.75) is 6.54 Å². The minimum Gasteiger partial charge on any atom is -0.386 e. The summed E-state index contributed by atoms with van der Waals surface area (Å²) in [6.07, 6.45) is 4.13. The van der Waals surface area contributed by atoms with E-state index >= 15 is 0 Å². The first-order valence-electron chi connectivity index (χ1n) is 4.45. The van der Waals surface area contributed by atoms with Crippen molar-refractivity contribution in [3.05, 3.63) is 39.9 Å². The average Bonchev–Trinajstić information content (AvgIpc) is 2.54. The number of thiophene rings is 1. The third kappa shape index (κ3) is 1.15. The molecule has 1 nitrogen and oxygen atoms in total. The molecule has 0 amide bonds. The molecule has 1 aliphatic rings. The van der Waals surface area contributed by atoms with Crippen LogP contribution in [0.15, 0.2) is 24.4 Å². The van der Waals surface area contributed by atoms with Crippen LogP contribution in [0.25, 0.3) is 16.2 Å². The first-order chi connectivity index (χ1) is 6.84. The Morgan fingerprint density at radius 3 is 3.21 bits per heavy atom. The maximum absolute atomic E-state index is 5.96. The van der Waals surface area contributed by atoms with Gasteiger partial charge in [0.1, 0.15) is 0 Å².